The third-order valence-corrected chi connectivity index (χ3v) is 5.24. The first-order valence-corrected chi connectivity index (χ1v) is 8.58. The van der Waals surface area contributed by atoms with E-state index >= 15 is 0 Å². The second kappa shape index (κ2) is 5.21. The molecule has 2 rings (SSSR count). The van der Waals surface area contributed by atoms with Crippen molar-refractivity contribution in [3.8, 4) is 0 Å². The fourth-order valence-corrected chi connectivity index (χ4v) is 3.89. The first kappa shape index (κ1) is 12.0. The molecular weight excluding hydrogens is 321 g/mol. The molecule has 1 aliphatic carbocycles. The summed E-state index contributed by atoms with van der Waals surface area (Å²) >= 11 is 2.34. The Morgan fingerprint density at radius 3 is 2.80 bits per heavy atom. The van der Waals surface area contributed by atoms with E-state index in [1.165, 1.54) is 24.0 Å². The van der Waals surface area contributed by atoms with E-state index in [4.69, 9.17) is 4.74 Å². The van der Waals surface area contributed by atoms with Crippen LogP contribution < -0.4 is 0 Å². The highest BCUT2D eigenvalue weighted by molar-refractivity contribution is 14.2. The van der Waals surface area contributed by atoms with E-state index in [1.807, 2.05) is 0 Å². The molecule has 1 saturated carbocycles. The molecule has 2 fully saturated rings. The Balaban J connectivity index is 1.87. The molecule has 15 heavy (non-hydrogen) atoms. The molecule has 2 atom stereocenters. The molecule has 1 aliphatic heterocycles. The van der Waals surface area contributed by atoms with Crippen molar-refractivity contribution in [1.29, 1.82) is 0 Å². The van der Waals surface area contributed by atoms with Crippen LogP contribution in [-0.4, -0.2) is 29.6 Å². The van der Waals surface area contributed by atoms with E-state index in [9.17, 15) is 0 Å². The van der Waals surface area contributed by atoms with Crippen molar-refractivity contribution in [2.45, 2.75) is 31.4 Å². The molecule has 0 bridgehead atoms. The average Bonchev–Trinajstić information content (AvgIpc) is 2.75. The number of hydrogen-bond donors (Lipinski definition) is 0. The molecule has 2 aliphatic rings. The smallest absolute Gasteiger partial charge is 0.0712 e. The molecule has 0 amide bonds. The quantitative estimate of drug-likeness (QED) is 0.577. The van der Waals surface area contributed by atoms with Crippen LogP contribution in [0.1, 0.15) is 19.3 Å². The molecule has 0 N–H and O–H groups in total. The lowest BCUT2D eigenvalue weighted by Crippen LogP contribution is -2.41. The van der Waals surface area contributed by atoms with Crippen LogP contribution in [0.2, 0.25) is 0 Å². The van der Waals surface area contributed by atoms with Crippen molar-refractivity contribution in [2.24, 2.45) is 0 Å². The fourth-order valence-electron chi connectivity index (χ4n) is 2.06. The van der Waals surface area contributed by atoms with Crippen molar-refractivity contribution in [1.82, 2.24) is 4.31 Å². The van der Waals surface area contributed by atoms with Crippen LogP contribution in [0.4, 0.5) is 0 Å². The molecule has 0 spiro atoms. The SMILES string of the molecule is C=C1CC(N(CC2CCCO2)SI)C1=C. The fraction of sp³-hybridized carbons (Fsp3) is 0.636. The number of hydrogen-bond acceptors (Lipinski definition) is 3. The van der Waals surface area contributed by atoms with Gasteiger partial charge in [-0.05, 0) is 39.5 Å². The van der Waals surface area contributed by atoms with Crippen LogP contribution in [0.25, 0.3) is 0 Å². The second-order valence-corrected chi connectivity index (χ2v) is 5.94. The highest BCUT2D eigenvalue weighted by Gasteiger charge is 2.34. The summed E-state index contributed by atoms with van der Waals surface area (Å²) in [6, 6.07) is 0.489. The number of nitrogens with zero attached hydrogens (tertiary/aromatic N) is 1. The van der Waals surface area contributed by atoms with Gasteiger partial charge in [-0.2, -0.15) is 0 Å². The van der Waals surface area contributed by atoms with Crippen molar-refractivity contribution < 1.29 is 4.74 Å². The maximum absolute atomic E-state index is 5.66. The van der Waals surface area contributed by atoms with Crippen LogP contribution in [0, 0.1) is 0 Å². The Hall–Kier alpha value is 0.480. The van der Waals surface area contributed by atoms with Gasteiger partial charge in [-0.25, -0.2) is 4.31 Å². The number of ether oxygens (including phenoxy) is 1. The summed E-state index contributed by atoms with van der Waals surface area (Å²) in [5, 5.41) is 0. The van der Waals surface area contributed by atoms with Crippen LogP contribution >= 0.6 is 30.3 Å². The van der Waals surface area contributed by atoms with Crippen LogP contribution in [0.15, 0.2) is 24.3 Å². The Bertz CT molecular complexity index is 276. The summed E-state index contributed by atoms with van der Waals surface area (Å²) in [5.74, 6) is 0. The topological polar surface area (TPSA) is 12.5 Å². The van der Waals surface area contributed by atoms with E-state index in [0.717, 1.165) is 19.6 Å². The van der Waals surface area contributed by atoms with E-state index in [1.54, 1.807) is 9.12 Å². The standard InChI is InChI=1S/C11H16INOS/c1-8-6-11(9(8)2)13(15-12)7-10-4-3-5-14-10/h10-11H,1-7H2. The van der Waals surface area contributed by atoms with E-state index in [0.29, 0.717) is 12.1 Å². The van der Waals surface area contributed by atoms with Crippen molar-refractivity contribution in [2.75, 3.05) is 13.2 Å². The zero-order valence-electron chi connectivity index (χ0n) is 8.75. The van der Waals surface area contributed by atoms with Gasteiger partial charge in [-0.15, -0.1) is 0 Å². The third kappa shape index (κ3) is 2.60. The number of rotatable bonds is 4. The van der Waals surface area contributed by atoms with Gasteiger partial charge in [0.2, 0.25) is 0 Å². The van der Waals surface area contributed by atoms with Crippen molar-refractivity contribution in [3.63, 3.8) is 0 Å². The monoisotopic (exact) mass is 337 g/mol. The van der Waals surface area contributed by atoms with E-state index in [2.05, 4.69) is 38.7 Å². The molecule has 0 aromatic rings. The maximum Gasteiger partial charge on any atom is 0.0712 e. The van der Waals surface area contributed by atoms with Gasteiger partial charge in [0.15, 0.2) is 0 Å². The lowest BCUT2D eigenvalue weighted by Gasteiger charge is -2.39. The molecule has 0 aromatic heterocycles. The largest absolute Gasteiger partial charge is 0.377 e. The zero-order valence-corrected chi connectivity index (χ0v) is 11.7. The Labute approximate surface area is 108 Å². The molecule has 2 nitrogen and oxygen atoms in total. The molecule has 84 valence electrons. The third-order valence-electron chi connectivity index (χ3n) is 3.14. The van der Waals surface area contributed by atoms with Crippen LogP contribution in [0.3, 0.4) is 0 Å². The van der Waals surface area contributed by atoms with Crippen molar-refractivity contribution in [3.05, 3.63) is 24.3 Å². The predicted octanol–water partition coefficient (Wildman–Crippen LogP) is 3.35. The first-order valence-electron chi connectivity index (χ1n) is 5.26. The van der Waals surface area contributed by atoms with Gasteiger partial charge in [-0.1, -0.05) is 13.2 Å². The average molecular weight is 337 g/mol. The predicted molar refractivity (Wildman–Crippen MR) is 74.0 cm³/mol. The van der Waals surface area contributed by atoms with Crippen LogP contribution in [-0.2, 0) is 4.74 Å². The molecular formula is C11H16INOS. The molecule has 1 saturated heterocycles. The van der Waals surface area contributed by atoms with E-state index < -0.39 is 0 Å². The van der Waals surface area contributed by atoms with Crippen LogP contribution in [0.5, 0.6) is 0 Å². The lowest BCUT2D eigenvalue weighted by atomic mass is 9.82. The minimum atomic E-state index is 0.425. The molecule has 1 heterocycles. The normalized spacial score (nSPS) is 31.1. The Morgan fingerprint density at radius 2 is 2.33 bits per heavy atom. The summed E-state index contributed by atoms with van der Waals surface area (Å²) in [7, 11) is 1.77. The molecule has 2 unspecified atom stereocenters. The Kier molecular flexibility index (Phi) is 4.15. The summed E-state index contributed by atoms with van der Waals surface area (Å²) < 4.78 is 8.04. The highest BCUT2D eigenvalue weighted by atomic mass is 127. The summed E-state index contributed by atoms with van der Waals surface area (Å²) in [6.45, 7) is 9.99. The highest BCUT2D eigenvalue weighted by Crippen LogP contribution is 2.39. The van der Waals surface area contributed by atoms with Crippen molar-refractivity contribution >= 4 is 30.3 Å². The summed E-state index contributed by atoms with van der Waals surface area (Å²) in [4.78, 5) is 0. The Morgan fingerprint density at radius 1 is 1.53 bits per heavy atom. The van der Waals surface area contributed by atoms with Gasteiger partial charge in [0.05, 0.1) is 6.10 Å². The van der Waals surface area contributed by atoms with Gasteiger partial charge in [-0.3, -0.25) is 0 Å². The first-order chi connectivity index (χ1) is 7.22. The maximum atomic E-state index is 5.66. The van der Waals surface area contributed by atoms with Gasteiger partial charge in [0, 0.05) is 40.4 Å². The molecule has 4 heteroatoms. The van der Waals surface area contributed by atoms with Gasteiger partial charge < -0.3 is 4.74 Å². The minimum Gasteiger partial charge on any atom is -0.377 e. The van der Waals surface area contributed by atoms with E-state index in [-0.39, 0.29) is 0 Å². The van der Waals surface area contributed by atoms with Gasteiger partial charge in [0.1, 0.15) is 0 Å². The summed E-state index contributed by atoms with van der Waals surface area (Å²) in [6.07, 6.45) is 3.91. The van der Waals surface area contributed by atoms with Gasteiger partial charge in [0.25, 0.3) is 0 Å². The zero-order chi connectivity index (χ0) is 10.8. The lowest BCUT2D eigenvalue weighted by molar-refractivity contribution is 0.0900. The van der Waals surface area contributed by atoms with Gasteiger partial charge >= 0.3 is 0 Å². The summed E-state index contributed by atoms with van der Waals surface area (Å²) in [5.41, 5.74) is 2.42. The number of halogens is 1. The second-order valence-electron chi connectivity index (χ2n) is 4.15. The molecule has 0 radical (unpaired) electrons. The minimum absolute atomic E-state index is 0.425. The molecule has 0 aromatic carbocycles.